The van der Waals surface area contributed by atoms with Crippen LogP contribution in [0.3, 0.4) is 0 Å². The quantitative estimate of drug-likeness (QED) is 0.596. The molecule has 0 aliphatic heterocycles. The number of methoxy groups -OCH3 is 1. The Bertz CT molecular complexity index is 663. The zero-order chi connectivity index (χ0) is 16.3. The van der Waals surface area contributed by atoms with Gasteiger partial charge in [-0.25, -0.2) is 0 Å². The molecule has 2 rings (SSSR count). The van der Waals surface area contributed by atoms with E-state index in [0.29, 0.717) is 17.0 Å². The molecule has 22 heavy (non-hydrogen) atoms. The lowest BCUT2D eigenvalue weighted by molar-refractivity contribution is -0.137. The minimum absolute atomic E-state index is 0.142. The minimum atomic E-state index is -0.332. The highest BCUT2D eigenvalue weighted by molar-refractivity contribution is 7.99. The van der Waals surface area contributed by atoms with E-state index < -0.39 is 0 Å². The van der Waals surface area contributed by atoms with Gasteiger partial charge in [0.25, 0.3) is 11.1 Å². The molecule has 0 fully saturated rings. The lowest BCUT2D eigenvalue weighted by atomic mass is 10.2. The van der Waals surface area contributed by atoms with Gasteiger partial charge in [-0.15, -0.1) is 10.2 Å². The van der Waals surface area contributed by atoms with E-state index in [1.165, 1.54) is 7.11 Å². The maximum absolute atomic E-state index is 11.1. The largest absolute Gasteiger partial charge is 0.468 e. The van der Waals surface area contributed by atoms with Crippen LogP contribution in [0, 0.1) is 19.8 Å². The molecule has 0 spiro atoms. The van der Waals surface area contributed by atoms with E-state index in [1.54, 1.807) is 0 Å². The molecule has 0 aliphatic carbocycles. The minimum Gasteiger partial charge on any atom is -0.468 e. The molecule has 0 N–H and O–H groups in total. The van der Waals surface area contributed by atoms with Gasteiger partial charge in [-0.3, -0.25) is 9.48 Å². The summed E-state index contributed by atoms with van der Waals surface area (Å²) in [6.45, 7) is 9.04. The third kappa shape index (κ3) is 3.68. The number of hydrogen-bond donors (Lipinski definition) is 0. The Kier molecular flexibility index (Phi) is 5.23. The summed E-state index contributed by atoms with van der Waals surface area (Å²) in [5.41, 5.74) is 2.71. The van der Waals surface area contributed by atoms with Crippen molar-refractivity contribution < 1.29 is 13.9 Å². The summed E-state index contributed by atoms with van der Waals surface area (Å²) >= 11 is 1.16. The van der Waals surface area contributed by atoms with Gasteiger partial charge < -0.3 is 9.15 Å². The van der Waals surface area contributed by atoms with Gasteiger partial charge in [-0.05, 0) is 19.8 Å². The highest BCUT2D eigenvalue weighted by Crippen LogP contribution is 2.28. The lowest BCUT2D eigenvalue weighted by Crippen LogP contribution is -2.07. The molecule has 0 aliphatic rings. The molecule has 8 heteroatoms. The van der Waals surface area contributed by atoms with Gasteiger partial charge in [0.1, 0.15) is 5.75 Å². The second-order valence-electron chi connectivity index (χ2n) is 5.36. The molecule has 0 saturated carbocycles. The number of carbonyl (C=O) groups is 1. The fourth-order valence-electron chi connectivity index (χ4n) is 2.08. The van der Waals surface area contributed by atoms with Crippen molar-refractivity contribution >= 4 is 17.7 Å². The van der Waals surface area contributed by atoms with Crippen molar-refractivity contribution in [1.29, 1.82) is 0 Å². The van der Waals surface area contributed by atoms with Crippen molar-refractivity contribution in [2.24, 2.45) is 5.92 Å². The molecule has 0 amide bonds. The summed E-state index contributed by atoms with van der Waals surface area (Å²) in [5.74, 6) is 0.738. The average Bonchev–Trinajstić information content (AvgIpc) is 3.01. The first-order valence-electron chi connectivity index (χ1n) is 6.99. The molecule has 7 nitrogen and oxygen atoms in total. The van der Waals surface area contributed by atoms with Gasteiger partial charge in [0.2, 0.25) is 0 Å². The zero-order valence-corrected chi connectivity index (χ0v) is 14.2. The van der Waals surface area contributed by atoms with E-state index in [2.05, 4.69) is 33.9 Å². The zero-order valence-electron chi connectivity index (χ0n) is 13.4. The van der Waals surface area contributed by atoms with Crippen LogP contribution in [-0.4, -0.2) is 38.8 Å². The Morgan fingerprint density at radius 3 is 2.73 bits per heavy atom. The molecule has 0 bridgehead atoms. The maximum atomic E-state index is 11.1. The summed E-state index contributed by atoms with van der Waals surface area (Å²) in [4.78, 5) is 11.1. The van der Waals surface area contributed by atoms with Crippen molar-refractivity contribution in [3.63, 3.8) is 0 Å². The van der Waals surface area contributed by atoms with Gasteiger partial charge >= 0.3 is 5.97 Å². The Hall–Kier alpha value is -1.83. The van der Waals surface area contributed by atoms with Crippen LogP contribution < -0.4 is 0 Å². The number of rotatable bonds is 6. The molecular weight excluding hydrogens is 304 g/mol. The molecular formula is C14H20N4O3S. The molecule has 0 saturated heterocycles. The van der Waals surface area contributed by atoms with E-state index in [9.17, 15) is 4.79 Å². The van der Waals surface area contributed by atoms with E-state index >= 15 is 0 Å². The van der Waals surface area contributed by atoms with Crippen molar-refractivity contribution in [3.05, 3.63) is 11.4 Å². The summed E-state index contributed by atoms with van der Waals surface area (Å²) in [5, 5.41) is 12.9. The van der Waals surface area contributed by atoms with Crippen LogP contribution in [-0.2, 0) is 16.1 Å². The summed E-state index contributed by atoms with van der Waals surface area (Å²) in [6, 6.07) is 0. The Balaban J connectivity index is 2.20. The number of nitrogens with zero attached hydrogens (tertiary/aromatic N) is 4. The van der Waals surface area contributed by atoms with Crippen LogP contribution in [0.5, 0.6) is 0 Å². The number of carbonyl (C=O) groups excluding carboxylic acids is 1. The van der Waals surface area contributed by atoms with Gasteiger partial charge in [-0.2, -0.15) is 5.10 Å². The molecule has 0 radical (unpaired) electrons. The Morgan fingerprint density at radius 1 is 1.36 bits per heavy atom. The first-order valence-corrected chi connectivity index (χ1v) is 7.98. The first kappa shape index (κ1) is 16.5. The lowest BCUT2D eigenvalue weighted by Gasteiger charge is -2.06. The van der Waals surface area contributed by atoms with E-state index in [-0.39, 0.29) is 11.7 Å². The predicted octanol–water partition coefficient (Wildman–Crippen LogP) is 2.47. The highest BCUT2D eigenvalue weighted by atomic mass is 32.2. The number of ether oxygens (including phenoxy) is 1. The molecule has 0 atom stereocenters. The maximum Gasteiger partial charge on any atom is 0.316 e. The molecule has 0 aromatic carbocycles. The number of thioether (sulfide) groups is 1. The number of aromatic nitrogens is 4. The Labute approximate surface area is 133 Å². The summed E-state index contributed by atoms with van der Waals surface area (Å²) in [6.07, 6.45) is 0. The molecule has 2 aromatic heterocycles. The monoisotopic (exact) mass is 324 g/mol. The second-order valence-corrected chi connectivity index (χ2v) is 6.29. The van der Waals surface area contributed by atoms with Crippen LogP contribution in [0.15, 0.2) is 9.64 Å². The van der Waals surface area contributed by atoms with E-state index in [4.69, 9.17) is 4.42 Å². The summed E-state index contributed by atoms with van der Waals surface area (Å²) in [7, 11) is 1.35. The standard InChI is InChI=1S/C14H20N4O3S/c1-8(2)6-18-10(4)12(9(3)17-18)13-15-16-14(21-13)22-7-11(19)20-5/h8H,6-7H2,1-5H3. The predicted molar refractivity (Wildman–Crippen MR) is 82.6 cm³/mol. The smallest absolute Gasteiger partial charge is 0.316 e. The van der Waals surface area contributed by atoms with E-state index in [0.717, 1.165) is 35.3 Å². The normalized spacial score (nSPS) is 11.2. The number of hydrogen-bond acceptors (Lipinski definition) is 7. The van der Waals surface area contributed by atoms with Crippen molar-refractivity contribution in [2.75, 3.05) is 12.9 Å². The van der Waals surface area contributed by atoms with Crippen LogP contribution in [0.25, 0.3) is 11.5 Å². The van der Waals surface area contributed by atoms with Crippen molar-refractivity contribution in [1.82, 2.24) is 20.0 Å². The van der Waals surface area contributed by atoms with Crippen LogP contribution >= 0.6 is 11.8 Å². The fourth-order valence-corrected chi connectivity index (χ4v) is 2.67. The van der Waals surface area contributed by atoms with Gasteiger partial charge in [0.15, 0.2) is 0 Å². The van der Waals surface area contributed by atoms with Gasteiger partial charge in [0, 0.05) is 12.2 Å². The highest BCUT2D eigenvalue weighted by Gasteiger charge is 2.20. The molecule has 0 unspecified atom stereocenters. The SMILES string of the molecule is COC(=O)CSc1nnc(-c2c(C)nn(CC(C)C)c2C)o1. The fraction of sp³-hybridized carbons (Fsp3) is 0.571. The topological polar surface area (TPSA) is 83.0 Å². The van der Waals surface area contributed by atoms with Gasteiger partial charge in [0.05, 0.1) is 18.4 Å². The van der Waals surface area contributed by atoms with Crippen LogP contribution in [0.2, 0.25) is 0 Å². The average molecular weight is 324 g/mol. The summed E-state index contributed by atoms with van der Waals surface area (Å²) < 4.78 is 12.2. The molecule has 120 valence electrons. The molecule has 2 heterocycles. The molecule has 2 aromatic rings. The van der Waals surface area contributed by atoms with E-state index in [1.807, 2.05) is 18.5 Å². The van der Waals surface area contributed by atoms with Crippen LogP contribution in [0.4, 0.5) is 0 Å². The van der Waals surface area contributed by atoms with Crippen molar-refractivity contribution in [3.8, 4) is 11.5 Å². The van der Waals surface area contributed by atoms with Gasteiger partial charge in [-0.1, -0.05) is 25.6 Å². The van der Waals surface area contributed by atoms with Crippen LogP contribution in [0.1, 0.15) is 25.2 Å². The van der Waals surface area contributed by atoms with Crippen molar-refractivity contribution in [2.45, 2.75) is 39.5 Å². The second kappa shape index (κ2) is 6.95. The third-order valence-corrected chi connectivity index (χ3v) is 3.87. The Morgan fingerprint density at radius 2 is 2.09 bits per heavy atom. The number of aryl methyl sites for hydroxylation is 1. The first-order chi connectivity index (χ1) is 10.4. The number of esters is 1. The third-order valence-electron chi connectivity index (χ3n) is 3.08.